The van der Waals surface area contributed by atoms with Crippen molar-refractivity contribution in [3.63, 3.8) is 0 Å². The molecular weight excluding hydrogens is 398 g/mol. The molecule has 1 saturated heterocycles. The molecule has 162 valence electrons. The third-order valence-corrected chi connectivity index (χ3v) is 6.07. The maximum atomic E-state index is 13.1. The van der Waals surface area contributed by atoms with Crippen LogP contribution in [0.5, 0.6) is 0 Å². The van der Waals surface area contributed by atoms with E-state index in [1.807, 2.05) is 41.3 Å². The number of piperazine rings is 1. The van der Waals surface area contributed by atoms with Crippen molar-refractivity contribution in [3.05, 3.63) is 95.3 Å². The topological polar surface area (TPSA) is 86.2 Å². The molecule has 4 rings (SSSR count). The highest BCUT2D eigenvalue weighted by Crippen LogP contribution is 2.33. The zero-order chi connectivity index (χ0) is 22.5. The van der Waals surface area contributed by atoms with Gasteiger partial charge in [0.25, 0.3) is 5.91 Å². The van der Waals surface area contributed by atoms with E-state index in [1.54, 1.807) is 18.5 Å². The standard InChI is InChI=1S/C26H27N5O/c1-2-24-18-30(26(32)22-14-23(28)17-29-16-22)11-12-31(24)25(20-8-4-3-5-9-20)21-10-6-7-19(13-21)15-27/h3-10,13-14,16-17,24-25H,2,11-12,18,28H2,1H3/t24-,25+/m1/s1. The van der Waals surface area contributed by atoms with Crippen molar-refractivity contribution < 1.29 is 4.79 Å². The summed E-state index contributed by atoms with van der Waals surface area (Å²) >= 11 is 0. The van der Waals surface area contributed by atoms with Crippen LogP contribution in [-0.4, -0.2) is 46.4 Å². The second kappa shape index (κ2) is 9.63. The van der Waals surface area contributed by atoms with Gasteiger partial charge >= 0.3 is 0 Å². The number of nitriles is 1. The average molecular weight is 426 g/mol. The molecule has 1 aliphatic heterocycles. The second-order valence-corrected chi connectivity index (χ2v) is 8.11. The Balaban J connectivity index is 1.64. The molecule has 0 unspecified atom stereocenters. The first-order valence-electron chi connectivity index (χ1n) is 10.9. The molecule has 1 aliphatic rings. The number of nitrogens with zero attached hydrogens (tertiary/aromatic N) is 4. The number of hydrogen-bond acceptors (Lipinski definition) is 5. The van der Waals surface area contributed by atoms with Gasteiger partial charge in [-0.2, -0.15) is 5.26 Å². The summed E-state index contributed by atoms with van der Waals surface area (Å²) in [5, 5.41) is 9.42. The number of benzene rings is 2. The van der Waals surface area contributed by atoms with Crippen molar-refractivity contribution in [1.29, 1.82) is 5.26 Å². The highest BCUT2D eigenvalue weighted by atomic mass is 16.2. The second-order valence-electron chi connectivity index (χ2n) is 8.11. The van der Waals surface area contributed by atoms with E-state index in [0.717, 1.165) is 18.5 Å². The summed E-state index contributed by atoms with van der Waals surface area (Å²) in [5.41, 5.74) is 9.77. The van der Waals surface area contributed by atoms with Crippen LogP contribution in [0.25, 0.3) is 0 Å². The third-order valence-electron chi connectivity index (χ3n) is 6.07. The fraction of sp³-hybridized carbons (Fsp3) is 0.269. The molecule has 0 bridgehead atoms. The van der Waals surface area contributed by atoms with Gasteiger partial charge in [-0.05, 0) is 35.7 Å². The van der Waals surface area contributed by atoms with Crippen LogP contribution in [-0.2, 0) is 0 Å². The van der Waals surface area contributed by atoms with Crippen molar-refractivity contribution >= 4 is 11.6 Å². The fourth-order valence-electron chi connectivity index (χ4n) is 4.50. The summed E-state index contributed by atoms with van der Waals surface area (Å²) in [6, 6.07) is 22.3. The molecule has 3 aromatic rings. The van der Waals surface area contributed by atoms with E-state index in [0.29, 0.717) is 29.9 Å². The molecule has 6 nitrogen and oxygen atoms in total. The third kappa shape index (κ3) is 4.48. The van der Waals surface area contributed by atoms with Gasteiger partial charge in [-0.15, -0.1) is 0 Å². The minimum atomic E-state index is -0.0364. The Morgan fingerprint density at radius 3 is 2.62 bits per heavy atom. The van der Waals surface area contributed by atoms with E-state index in [-0.39, 0.29) is 18.0 Å². The lowest BCUT2D eigenvalue weighted by molar-refractivity contribution is 0.0374. The lowest BCUT2D eigenvalue weighted by Gasteiger charge is -2.45. The quantitative estimate of drug-likeness (QED) is 0.671. The Hall–Kier alpha value is -3.69. The first-order valence-corrected chi connectivity index (χ1v) is 10.9. The highest BCUT2D eigenvalue weighted by molar-refractivity contribution is 5.94. The molecule has 2 heterocycles. The number of anilines is 1. The molecule has 6 heteroatoms. The Bertz CT molecular complexity index is 1120. The fourth-order valence-corrected chi connectivity index (χ4v) is 4.50. The summed E-state index contributed by atoms with van der Waals surface area (Å²) in [6.07, 6.45) is 4.02. The van der Waals surface area contributed by atoms with Crippen LogP contribution in [0.4, 0.5) is 5.69 Å². The molecule has 1 amide bonds. The molecule has 2 atom stereocenters. The van der Waals surface area contributed by atoms with Crippen LogP contribution in [0.2, 0.25) is 0 Å². The summed E-state index contributed by atoms with van der Waals surface area (Å²) in [7, 11) is 0. The van der Waals surface area contributed by atoms with Crippen LogP contribution >= 0.6 is 0 Å². The van der Waals surface area contributed by atoms with Gasteiger partial charge in [0.2, 0.25) is 0 Å². The van der Waals surface area contributed by atoms with E-state index >= 15 is 0 Å². The van der Waals surface area contributed by atoms with Crippen molar-refractivity contribution in [1.82, 2.24) is 14.8 Å². The summed E-state index contributed by atoms with van der Waals surface area (Å²) in [6.45, 7) is 4.13. The molecule has 1 fully saturated rings. The van der Waals surface area contributed by atoms with Gasteiger partial charge in [-0.3, -0.25) is 14.7 Å². The van der Waals surface area contributed by atoms with Gasteiger partial charge in [0.05, 0.1) is 28.9 Å². The molecule has 2 aromatic carbocycles. The van der Waals surface area contributed by atoms with Crippen LogP contribution in [0.3, 0.4) is 0 Å². The zero-order valence-electron chi connectivity index (χ0n) is 18.2. The molecule has 0 spiro atoms. The highest BCUT2D eigenvalue weighted by Gasteiger charge is 2.34. The number of nitrogens with two attached hydrogens (primary N) is 1. The van der Waals surface area contributed by atoms with Crippen LogP contribution in [0.15, 0.2) is 73.1 Å². The van der Waals surface area contributed by atoms with Gasteiger partial charge in [0.1, 0.15) is 0 Å². The number of amides is 1. The van der Waals surface area contributed by atoms with Gasteiger partial charge in [0.15, 0.2) is 0 Å². The largest absolute Gasteiger partial charge is 0.397 e. The van der Waals surface area contributed by atoms with Gasteiger partial charge in [0, 0.05) is 38.1 Å². The molecule has 0 aliphatic carbocycles. The van der Waals surface area contributed by atoms with Crippen molar-refractivity contribution in [2.45, 2.75) is 25.4 Å². The minimum Gasteiger partial charge on any atom is -0.397 e. The van der Waals surface area contributed by atoms with E-state index < -0.39 is 0 Å². The molecule has 2 N–H and O–H groups in total. The van der Waals surface area contributed by atoms with E-state index in [1.165, 1.54) is 5.56 Å². The number of hydrogen-bond donors (Lipinski definition) is 1. The molecule has 0 saturated carbocycles. The zero-order valence-corrected chi connectivity index (χ0v) is 18.2. The predicted octanol–water partition coefficient (Wildman–Crippen LogP) is 3.86. The van der Waals surface area contributed by atoms with E-state index in [9.17, 15) is 10.1 Å². The maximum Gasteiger partial charge on any atom is 0.255 e. The van der Waals surface area contributed by atoms with Crippen molar-refractivity contribution in [2.24, 2.45) is 0 Å². The smallest absolute Gasteiger partial charge is 0.255 e. The molecular formula is C26H27N5O. The van der Waals surface area contributed by atoms with Crippen LogP contribution in [0.1, 0.15) is 46.4 Å². The number of aromatic nitrogens is 1. The van der Waals surface area contributed by atoms with Crippen molar-refractivity contribution in [3.8, 4) is 6.07 Å². The number of nitrogen functional groups attached to an aromatic ring is 1. The molecule has 32 heavy (non-hydrogen) atoms. The first-order chi connectivity index (χ1) is 15.6. The molecule has 1 aromatic heterocycles. The lowest BCUT2D eigenvalue weighted by atomic mass is 9.93. The molecule has 0 radical (unpaired) electrons. The van der Waals surface area contributed by atoms with Crippen LogP contribution in [0, 0.1) is 11.3 Å². The summed E-state index contributed by atoms with van der Waals surface area (Å²) in [4.78, 5) is 21.5. The number of pyridine rings is 1. The van der Waals surface area contributed by atoms with Gasteiger partial charge in [-0.25, -0.2) is 0 Å². The Morgan fingerprint density at radius 2 is 1.91 bits per heavy atom. The minimum absolute atomic E-state index is 0.0146. The first kappa shape index (κ1) is 21.5. The average Bonchev–Trinajstić information content (AvgIpc) is 2.84. The Kier molecular flexibility index (Phi) is 6.48. The normalized spacial score (nSPS) is 17.5. The number of carbonyl (C=O) groups is 1. The maximum absolute atomic E-state index is 13.1. The Morgan fingerprint density at radius 1 is 1.12 bits per heavy atom. The monoisotopic (exact) mass is 425 g/mol. The lowest BCUT2D eigenvalue weighted by Crippen LogP contribution is -2.55. The number of carbonyl (C=O) groups excluding carboxylic acids is 1. The Labute approximate surface area is 188 Å². The number of rotatable bonds is 5. The van der Waals surface area contributed by atoms with E-state index in [2.05, 4.69) is 41.1 Å². The van der Waals surface area contributed by atoms with Gasteiger partial charge < -0.3 is 10.6 Å². The SMILES string of the molecule is CC[C@@H]1CN(C(=O)c2cncc(N)c2)CCN1[C@@H](c1ccccc1)c1cccc(C#N)c1. The van der Waals surface area contributed by atoms with Gasteiger partial charge in [-0.1, -0.05) is 49.4 Å². The summed E-state index contributed by atoms with van der Waals surface area (Å²) in [5.74, 6) is -0.0364. The van der Waals surface area contributed by atoms with Crippen molar-refractivity contribution in [2.75, 3.05) is 25.4 Å². The predicted molar refractivity (Wildman–Crippen MR) is 125 cm³/mol. The summed E-state index contributed by atoms with van der Waals surface area (Å²) < 4.78 is 0. The van der Waals surface area contributed by atoms with Crippen LogP contribution < -0.4 is 5.73 Å². The van der Waals surface area contributed by atoms with E-state index in [4.69, 9.17) is 5.73 Å².